The summed E-state index contributed by atoms with van der Waals surface area (Å²) in [4.78, 5) is 21.2. The van der Waals surface area contributed by atoms with E-state index in [-0.39, 0.29) is 17.0 Å². The molecule has 4 atom stereocenters. The third-order valence-corrected chi connectivity index (χ3v) is 3.39. The van der Waals surface area contributed by atoms with Crippen LogP contribution in [-0.2, 0) is 4.74 Å². The summed E-state index contributed by atoms with van der Waals surface area (Å²) in [6.07, 6.45) is -3.59. The van der Waals surface area contributed by atoms with E-state index in [1.165, 1.54) is 10.9 Å². The lowest BCUT2D eigenvalue weighted by molar-refractivity contribution is -0.394. The van der Waals surface area contributed by atoms with Gasteiger partial charge in [-0.05, 0) is 14.9 Å². The molecule has 5 N–H and O–H groups in total. The largest absolute Gasteiger partial charge is 0.473 e. The Morgan fingerprint density at radius 1 is 1.41 bits per heavy atom. The van der Waals surface area contributed by atoms with Gasteiger partial charge in [0.1, 0.15) is 24.6 Å². The standard InChI is InChI=1S/C10H12N6O6/c11-7-4-8(14-10(13-7)16(20)21)15(2-12-4)9-6(19)5(18)3(1-17)22-9/h2-3,5-6,9,17-19H,1H2,(H2,11,13,14). The Balaban J connectivity index is 2.10. The number of imidazole rings is 1. The van der Waals surface area contributed by atoms with E-state index in [1.807, 2.05) is 0 Å². The summed E-state index contributed by atoms with van der Waals surface area (Å²) in [5, 5.41) is 39.7. The quantitative estimate of drug-likeness (QED) is 0.362. The van der Waals surface area contributed by atoms with Crippen LogP contribution in [0.2, 0.25) is 0 Å². The normalized spacial score (nSPS) is 28.3. The minimum absolute atomic E-state index is 0.0194. The molecule has 1 saturated heterocycles. The molecule has 1 aliphatic heterocycles. The van der Waals surface area contributed by atoms with Gasteiger partial charge in [0.25, 0.3) is 0 Å². The molecule has 118 valence electrons. The number of ether oxygens (including phenoxy) is 1. The number of aromatic nitrogens is 4. The van der Waals surface area contributed by atoms with Crippen LogP contribution in [0, 0.1) is 10.1 Å². The highest BCUT2D eigenvalue weighted by molar-refractivity contribution is 5.82. The van der Waals surface area contributed by atoms with Crippen LogP contribution in [0.4, 0.5) is 11.8 Å². The molecule has 0 radical (unpaired) electrons. The fourth-order valence-corrected chi connectivity index (χ4v) is 2.30. The van der Waals surface area contributed by atoms with E-state index in [0.29, 0.717) is 0 Å². The van der Waals surface area contributed by atoms with Crippen LogP contribution in [0.1, 0.15) is 6.23 Å². The molecule has 0 spiro atoms. The zero-order chi connectivity index (χ0) is 16.0. The Hall–Kier alpha value is -2.41. The summed E-state index contributed by atoms with van der Waals surface area (Å²) >= 11 is 0. The van der Waals surface area contributed by atoms with Crippen LogP contribution in [0.15, 0.2) is 6.33 Å². The minimum Gasteiger partial charge on any atom is -0.394 e. The summed E-state index contributed by atoms with van der Waals surface area (Å²) in [6.45, 7) is -0.501. The van der Waals surface area contributed by atoms with Gasteiger partial charge in [0.15, 0.2) is 11.7 Å². The summed E-state index contributed by atoms with van der Waals surface area (Å²) in [5.74, 6) is -0.916. The number of rotatable bonds is 3. The van der Waals surface area contributed by atoms with Gasteiger partial charge in [-0.25, -0.2) is 4.98 Å². The smallest absolute Gasteiger partial charge is 0.394 e. The van der Waals surface area contributed by atoms with Gasteiger partial charge < -0.3 is 35.9 Å². The van der Waals surface area contributed by atoms with Crippen LogP contribution in [0.3, 0.4) is 0 Å². The van der Waals surface area contributed by atoms with E-state index in [0.717, 1.165) is 0 Å². The number of nitrogens with two attached hydrogens (primary N) is 1. The van der Waals surface area contributed by atoms with E-state index in [2.05, 4.69) is 15.0 Å². The van der Waals surface area contributed by atoms with Crippen molar-refractivity contribution >= 4 is 22.9 Å². The van der Waals surface area contributed by atoms with Gasteiger partial charge in [-0.15, -0.1) is 0 Å². The zero-order valence-electron chi connectivity index (χ0n) is 11.0. The molecule has 0 aliphatic carbocycles. The van der Waals surface area contributed by atoms with Gasteiger partial charge in [-0.2, -0.15) is 0 Å². The van der Waals surface area contributed by atoms with Crippen molar-refractivity contribution in [3.05, 3.63) is 16.4 Å². The van der Waals surface area contributed by atoms with Gasteiger partial charge in [0.05, 0.1) is 6.61 Å². The van der Waals surface area contributed by atoms with Crippen LogP contribution in [0.5, 0.6) is 0 Å². The predicted molar refractivity (Wildman–Crippen MR) is 69.4 cm³/mol. The maximum absolute atomic E-state index is 10.8. The number of aliphatic hydroxyl groups is 3. The van der Waals surface area contributed by atoms with E-state index in [9.17, 15) is 20.3 Å². The van der Waals surface area contributed by atoms with Crippen molar-refractivity contribution in [1.82, 2.24) is 19.5 Å². The summed E-state index contributed by atoms with van der Waals surface area (Å²) in [7, 11) is 0. The SMILES string of the molecule is Nc1nc([N+](=O)[O-])nc2c1ncn2C1OC(CO)C(O)C1O. The zero-order valence-corrected chi connectivity index (χ0v) is 11.0. The number of hydrogen-bond donors (Lipinski definition) is 4. The highest BCUT2D eigenvalue weighted by Gasteiger charge is 2.44. The molecule has 0 bridgehead atoms. The number of nitrogen functional groups attached to an aromatic ring is 1. The van der Waals surface area contributed by atoms with Crippen LogP contribution >= 0.6 is 0 Å². The Morgan fingerprint density at radius 3 is 2.73 bits per heavy atom. The van der Waals surface area contributed by atoms with Crippen molar-refractivity contribution in [3.63, 3.8) is 0 Å². The highest BCUT2D eigenvalue weighted by atomic mass is 16.6. The Morgan fingerprint density at radius 2 is 2.14 bits per heavy atom. The van der Waals surface area contributed by atoms with Crippen molar-refractivity contribution < 1.29 is 25.0 Å². The van der Waals surface area contributed by atoms with Gasteiger partial charge in [-0.3, -0.25) is 4.57 Å². The molecule has 3 rings (SSSR count). The molecular formula is C10H12N6O6. The molecule has 1 aliphatic rings. The van der Waals surface area contributed by atoms with E-state index < -0.39 is 42.0 Å². The number of anilines is 1. The Labute approximate surface area is 121 Å². The lowest BCUT2D eigenvalue weighted by Crippen LogP contribution is -2.33. The average molecular weight is 312 g/mol. The first-order chi connectivity index (χ1) is 10.4. The summed E-state index contributed by atoms with van der Waals surface area (Å²) in [6, 6.07) is 0. The maximum Gasteiger partial charge on any atom is 0.473 e. The number of nitrogens with zero attached hydrogens (tertiary/aromatic N) is 5. The second kappa shape index (κ2) is 5.10. The van der Waals surface area contributed by atoms with Gasteiger partial charge in [-0.1, -0.05) is 0 Å². The van der Waals surface area contributed by atoms with Crippen molar-refractivity contribution in [3.8, 4) is 0 Å². The van der Waals surface area contributed by atoms with Crippen LogP contribution in [-0.4, -0.2) is 64.7 Å². The van der Waals surface area contributed by atoms with Gasteiger partial charge >= 0.3 is 5.95 Å². The molecule has 22 heavy (non-hydrogen) atoms. The molecule has 4 unspecified atom stereocenters. The number of hydrogen-bond acceptors (Lipinski definition) is 10. The predicted octanol–water partition coefficient (Wildman–Crippen LogP) is -2.07. The number of nitro groups is 1. The summed E-state index contributed by atoms with van der Waals surface area (Å²) in [5.41, 5.74) is 5.68. The van der Waals surface area contributed by atoms with Crippen molar-refractivity contribution in [2.75, 3.05) is 12.3 Å². The topological polar surface area (TPSA) is 183 Å². The average Bonchev–Trinajstić information content (AvgIpc) is 3.02. The first-order valence-electron chi connectivity index (χ1n) is 6.21. The molecule has 12 heteroatoms. The lowest BCUT2D eigenvalue weighted by Gasteiger charge is -2.15. The molecule has 2 aromatic heterocycles. The second-order valence-corrected chi connectivity index (χ2v) is 4.72. The minimum atomic E-state index is -1.37. The molecule has 2 aromatic rings. The van der Waals surface area contributed by atoms with Crippen molar-refractivity contribution in [2.24, 2.45) is 0 Å². The molecule has 3 heterocycles. The monoisotopic (exact) mass is 312 g/mol. The van der Waals surface area contributed by atoms with E-state index in [4.69, 9.17) is 15.6 Å². The van der Waals surface area contributed by atoms with E-state index >= 15 is 0 Å². The van der Waals surface area contributed by atoms with E-state index in [1.54, 1.807) is 0 Å². The van der Waals surface area contributed by atoms with Crippen LogP contribution < -0.4 is 5.73 Å². The first kappa shape index (κ1) is 14.5. The lowest BCUT2D eigenvalue weighted by atomic mass is 10.1. The molecule has 0 saturated carbocycles. The summed E-state index contributed by atoms with van der Waals surface area (Å²) < 4.78 is 6.53. The third-order valence-electron chi connectivity index (χ3n) is 3.39. The fourth-order valence-electron chi connectivity index (χ4n) is 2.30. The maximum atomic E-state index is 10.8. The molecule has 0 amide bonds. The van der Waals surface area contributed by atoms with Gasteiger partial charge in [0.2, 0.25) is 11.5 Å². The second-order valence-electron chi connectivity index (χ2n) is 4.72. The highest BCUT2D eigenvalue weighted by Crippen LogP contribution is 2.32. The van der Waals surface area contributed by atoms with Crippen molar-refractivity contribution in [2.45, 2.75) is 24.5 Å². The molecule has 1 fully saturated rings. The number of aliphatic hydroxyl groups excluding tert-OH is 3. The number of fused-ring (bicyclic) bond motifs is 1. The molecular weight excluding hydrogens is 300 g/mol. The Bertz CT molecular complexity index is 734. The van der Waals surface area contributed by atoms with Gasteiger partial charge in [0, 0.05) is 0 Å². The van der Waals surface area contributed by atoms with Crippen molar-refractivity contribution in [1.29, 1.82) is 0 Å². The molecule has 12 nitrogen and oxygen atoms in total. The van der Waals surface area contributed by atoms with Crippen LogP contribution in [0.25, 0.3) is 11.2 Å². The third kappa shape index (κ3) is 2.05. The molecule has 0 aromatic carbocycles. The fraction of sp³-hybridized carbons (Fsp3) is 0.500. The Kier molecular flexibility index (Phi) is 3.37. The first-order valence-corrected chi connectivity index (χ1v) is 6.21.